The molecule has 4 aromatic rings. The van der Waals surface area contributed by atoms with Gasteiger partial charge in [0.1, 0.15) is 13.1 Å². The fourth-order valence-corrected chi connectivity index (χ4v) is 4.34. The Morgan fingerprint density at radius 3 is 2.09 bits per heavy atom. The highest BCUT2D eigenvalue weighted by Crippen LogP contribution is 2.31. The predicted molar refractivity (Wildman–Crippen MR) is 134 cm³/mol. The fraction of sp³-hybridized carbons (Fsp3) is 0.250. The molecule has 0 saturated carbocycles. The van der Waals surface area contributed by atoms with Crippen LogP contribution in [0.4, 0.5) is 0 Å². The van der Waals surface area contributed by atoms with Gasteiger partial charge in [0.05, 0.1) is 42.2 Å². The first-order valence-corrected chi connectivity index (χ1v) is 11.9. The number of carbonyl (C=O) groups excluding carboxylic acids is 1. The van der Waals surface area contributed by atoms with E-state index in [-0.39, 0.29) is 5.91 Å². The molecular weight excluding hydrogens is 424 g/mol. The van der Waals surface area contributed by atoms with Crippen molar-refractivity contribution in [3.05, 3.63) is 84.4 Å². The third-order valence-corrected chi connectivity index (χ3v) is 6.21. The molecular formula is C28H29N4O2+. The number of nitrogens with zero attached hydrogens (tertiary/aromatic N) is 2. The van der Waals surface area contributed by atoms with E-state index in [0.29, 0.717) is 17.6 Å². The number of rotatable bonds is 7. The third kappa shape index (κ3) is 5.14. The lowest BCUT2D eigenvalue weighted by molar-refractivity contribution is -0.908. The van der Waals surface area contributed by atoms with Crippen LogP contribution in [0.3, 0.4) is 0 Å². The molecule has 1 amide bonds. The second-order valence-corrected chi connectivity index (χ2v) is 8.58. The Balaban J connectivity index is 1.37. The average Bonchev–Trinajstić information content (AvgIpc) is 2.91. The van der Waals surface area contributed by atoms with Crippen LogP contribution in [0.5, 0.6) is 0 Å². The largest absolute Gasteiger partial charge is 0.370 e. The van der Waals surface area contributed by atoms with E-state index < -0.39 is 0 Å². The molecule has 6 nitrogen and oxygen atoms in total. The summed E-state index contributed by atoms with van der Waals surface area (Å²) in [5.41, 5.74) is 5.74. The van der Waals surface area contributed by atoms with Gasteiger partial charge >= 0.3 is 0 Å². The summed E-state index contributed by atoms with van der Waals surface area (Å²) in [5.74, 6) is -0.0749. The maximum Gasteiger partial charge on any atom is 0.251 e. The van der Waals surface area contributed by atoms with Crippen molar-refractivity contribution in [3.63, 3.8) is 0 Å². The number of nitrogens with one attached hydrogen (secondary N) is 2. The van der Waals surface area contributed by atoms with Gasteiger partial charge in [0.2, 0.25) is 0 Å². The van der Waals surface area contributed by atoms with Crippen molar-refractivity contribution in [1.29, 1.82) is 0 Å². The van der Waals surface area contributed by atoms with E-state index in [4.69, 9.17) is 14.7 Å². The molecule has 5 rings (SSSR count). The van der Waals surface area contributed by atoms with Crippen molar-refractivity contribution >= 4 is 16.9 Å². The van der Waals surface area contributed by atoms with Crippen LogP contribution in [0.2, 0.25) is 0 Å². The summed E-state index contributed by atoms with van der Waals surface area (Å²) in [6.07, 6.45) is 0.951. The third-order valence-electron chi connectivity index (χ3n) is 6.21. The van der Waals surface area contributed by atoms with E-state index in [1.165, 1.54) is 0 Å². The van der Waals surface area contributed by atoms with Crippen molar-refractivity contribution in [3.8, 4) is 22.5 Å². The van der Waals surface area contributed by atoms with E-state index in [9.17, 15) is 4.79 Å². The molecule has 0 radical (unpaired) electrons. The lowest BCUT2D eigenvalue weighted by Crippen LogP contribution is -3.14. The number of hydrogen-bond donors (Lipinski definition) is 2. The van der Waals surface area contributed by atoms with Crippen molar-refractivity contribution in [1.82, 2.24) is 15.3 Å². The molecule has 1 aliphatic rings. The maximum absolute atomic E-state index is 12.8. The number of carbonyl (C=O) groups is 1. The molecule has 1 fully saturated rings. The Hall–Kier alpha value is -3.61. The van der Waals surface area contributed by atoms with Gasteiger partial charge in [-0.1, -0.05) is 60.7 Å². The van der Waals surface area contributed by atoms with Gasteiger partial charge in [0.25, 0.3) is 5.91 Å². The van der Waals surface area contributed by atoms with Gasteiger partial charge in [0.15, 0.2) is 0 Å². The minimum Gasteiger partial charge on any atom is -0.370 e. The Labute approximate surface area is 199 Å². The molecule has 0 unspecified atom stereocenters. The van der Waals surface area contributed by atoms with Crippen molar-refractivity contribution in [2.45, 2.75) is 6.42 Å². The summed E-state index contributed by atoms with van der Waals surface area (Å²) >= 11 is 0. The molecule has 0 bridgehead atoms. The minimum absolute atomic E-state index is 0.0749. The smallest absolute Gasteiger partial charge is 0.251 e. The van der Waals surface area contributed by atoms with Gasteiger partial charge in [-0.3, -0.25) is 4.79 Å². The topological polar surface area (TPSA) is 68.5 Å². The van der Waals surface area contributed by atoms with Crippen LogP contribution < -0.4 is 10.2 Å². The zero-order valence-corrected chi connectivity index (χ0v) is 19.2. The summed E-state index contributed by atoms with van der Waals surface area (Å²) in [7, 11) is 0. The summed E-state index contributed by atoms with van der Waals surface area (Å²) in [5, 5.41) is 3.06. The second kappa shape index (κ2) is 10.5. The Bertz CT molecular complexity index is 1260. The summed E-state index contributed by atoms with van der Waals surface area (Å²) in [4.78, 5) is 24.2. The number of morpholine rings is 1. The standard InChI is InChI=1S/C28H28N4O2/c33-28(29-14-7-15-32-16-18-34-19-17-32)23-12-13-24-25(20-23)31-27(22-10-5-2-6-11-22)26(30-24)21-8-3-1-4-9-21/h1-6,8-13,20H,7,14-19H2,(H,29,33)/p+1. The Morgan fingerprint density at radius 1 is 0.824 bits per heavy atom. The Morgan fingerprint density at radius 2 is 1.44 bits per heavy atom. The molecule has 3 aromatic carbocycles. The second-order valence-electron chi connectivity index (χ2n) is 8.58. The first kappa shape index (κ1) is 22.2. The van der Waals surface area contributed by atoms with Gasteiger partial charge in [-0.25, -0.2) is 9.97 Å². The van der Waals surface area contributed by atoms with Crippen LogP contribution in [0.25, 0.3) is 33.5 Å². The van der Waals surface area contributed by atoms with E-state index in [2.05, 4.69) is 5.32 Å². The van der Waals surface area contributed by atoms with Gasteiger partial charge in [-0.05, 0) is 18.2 Å². The van der Waals surface area contributed by atoms with Crippen LogP contribution in [-0.2, 0) is 4.74 Å². The van der Waals surface area contributed by atoms with E-state index in [1.54, 1.807) is 4.90 Å². The van der Waals surface area contributed by atoms with Crippen molar-refractivity contribution < 1.29 is 14.4 Å². The average molecular weight is 454 g/mol. The predicted octanol–water partition coefficient (Wildman–Crippen LogP) is 3.00. The summed E-state index contributed by atoms with van der Waals surface area (Å²) < 4.78 is 5.40. The number of aromatic nitrogens is 2. The fourth-order valence-electron chi connectivity index (χ4n) is 4.34. The molecule has 2 N–H and O–H groups in total. The normalized spacial score (nSPS) is 14.2. The van der Waals surface area contributed by atoms with Crippen LogP contribution in [-0.4, -0.2) is 55.3 Å². The van der Waals surface area contributed by atoms with Crippen LogP contribution >= 0.6 is 0 Å². The highest BCUT2D eigenvalue weighted by Gasteiger charge is 2.16. The van der Waals surface area contributed by atoms with Crippen LogP contribution in [0.15, 0.2) is 78.9 Å². The highest BCUT2D eigenvalue weighted by atomic mass is 16.5. The van der Waals surface area contributed by atoms with Crippen molar-refractivity contribution in [2.75, 3.05) is 39.4 Å². The first-order chi connectivity index (χ1) is 16.8. The monoisotopic (exact) mass is 453 g/mol. The summed E-state index contributed by atoms with van der Waals surface area (Å²) in [6, 6.07) is 25.7. The highest BCUT2D eigenvalue weighted by molar-refractivity contribution is 5.98. The van der Waals surface area contributed by atoms with Gasteiger partial charge in [0, 0.05) is 29.7 Å². The molecule has 0 atom stereocenters. The van der Waals surface area contributed by atoms with Gasteiger partial charge < -0.3 is 15.0 Å². The molecule has 172 valence electrons. The Kier molecular flexibility index (Phi) is 6.89. The van der Waals surface area contributed by atoms with Gasteiger partial charge in [-0.15, -0.1) is 0 Å². The maximum atomic E-state index is 12.8. The van der Waals surface area contributed by atoms with E-state index >= 15 is 0 Å². The molecule has 34 heavy (non-hydrogen) atoms. The van der Waals surface area contributed by atoms with Crippen LogP contribution in [0.1, 0.15) is 16.8 Å². The molecule has 0 spiro atoms. The molecule has 0 aliphatic carbocycles. The van der Waals surface area contributed by atoms with E-state index in [0.717, 1.165) is 67.3 Å². The molecule has 1 aromatic heterocycles. The zero-order valence-electron chi connectivity index (χ0n) is 19.2. The molecule has 1 saturated heterocycles. The number of benzene rings is 3. The minimum atomic E-state index is -0.0749. The quantitative estimate of drug-likeness (QED) is 0.422. The van der Waals surface area contributed by atoms with E-state index in [1.807, 2.05) is 78.9 Å². The molecule has 6 heteroatoms. The summed E-state index contributed by atoms with van der Waals surface area (Å²) in [6.45, 7) is 5.47. The number of quaternary nitrogens is 1. The number of fused-ring (bicyclic) bond motifs is 1. The zero-order chi connectivity index (χ0) is 23.2. The first-order valence-electron chi connectivity index (χ1n) is 11.9. The lowest BCUT2D eigenvalue weighted by atomic mass is 10.0. The molecule has 1 aliphatic heterocycles. The number of hydrogen-bond acceptors (Lipinski definition) is 4. The lowest BCUT2D eigenvalue weighted by Gasteiger charge is -2.23. The van der Waals surface area contributed by atoms with Crippen LogP contribution in [0, 0.1) is 0 Å². The van der Waals surface area contributed by atoms with Gasteiger partial charge in [-0.2, -0.15) is 0 Å². The number of ether oxygens (including phenoxy) is 1. The number of amides is 1. The van der Waals surface area contributed by atoms with Crippen molar-refractivity contribution in [2.24, 2.45) is 0 Å². The SMILES string of the molecule is O=C(NCCC[NH+]1CCOCC1)c1ccc2nc(-c3ccccc3)c(-c3ccccc3)nc2c1. The molecule has 2 heterocycles.